The zero-order valence-corrected chi connectivity index (χ0v) is 11.1. The average molecular weight is 263 g/mol. The van der Waals surface area contributed by atoms with Crippen LogP contribution in [0.5, 0.6) is 5.75 Å². The third-order valence-corrected chi connectivity index (χ3v) is 3.57. The second-order valence-corrected chi connectivity index (χ2v) is 4.96. The van der Waals surface area contributed by atoms with Gasteiger partial charge in [-0.05, 0) is 25.0 Å². The minimum Gasteiger partial charge on any atom is -0.492 e. The first-order chi connectivity index (χ1) is 9.25. The summed E-state index contributed by atoms with van der Waals surface area (Å²) >= 11 is 0. The number of carbonyl (C=O) groups is 1. The van der Waals surface area contributed by atoms with Gasteiger partial charge in [0, 0.05) is 12.6 Å². The molecule has 0 atom stereocenters. The first-order valence-corrected chi connectivity index (χ1v) is 6.89. The van der Waals surface area contributed by atoms with Gasteiger partial charge in [0.25, 0.3) is 0 Å². The summed E-state index contributed by atoms with van der Waals surface area (Å²) in [5, 5.41) is 8.98. The fourth-order valence-corrected chi connectivity index (χ4v) is 2.63. The average Bonchev–Trinajstić information content (AvgIpc) is 2.92. The molecule has 19 heavy (non-hydrogen) atoms. The van der Waals surface area contributed by atoms with Gasteiger partial charge in [0.1, 0.15) is 12.4 Å². The van der Waals surface area contributed by atoms with Crippen molar-refractivity contribution in [2.75, 3.05) is 19.7 Å². The van der Waals surface area contributed by atoms with Crippen molar-refractivity contribution in [1.29, 1.82) is 0 Å². The van der Waals surface area contributed by atoms with E-state index in [0.29, 0.717) is 19.2 Å². The number of para-hydroxylation sites is 1. The van der Waals surface area contributed by atoms with E-state index in [1.165, 1.54) is 12.8 Å². The van der Waals surface area contributed by atoms with Crippen LogP contribution in [-0.2, 0) is 4.79 Å². The molecule has 4 heteroatoms. The highest BCUT2D eigenvalue weighted by atomic mass is 16.5. The Bertz CT molecular complexity index is 388. The number of rotatable bonds is 7. The maximum absolute atomic E-state index is 10.9. The highest BCUT2D eigenvalue weighted by Crippen LogP contribution is 2.23. The van der Waals surface area contributed by atoms with E-state index >= 15 is 0 Å². The van der Waals surface area contributed by atoms with Crippen LogP contribution in [0.25, 0.3) is 0 Å². The van der Waals surface area contributed by atoms with Crippen LogP contribution in [-0.4, -0.2) is 41.7 Å². The molecule has 1 aromatic carbocycles. The van der Waals surface area contributed by atoms with Crippen molar-refractivity contribution in [2.45, 2.75) is 31.7 Å². The summed E-state index contributed by atoms with van der Waals surface area (Å²) < 4.78 is 5.64. The van der Waals surface area contributed by atoms with Crippen molar-refractivity contribution in [3.63, 3.8) is 0 Å². The zero-order valence-electron chi connectivity index (χ0n) is 11.1. The van der Waals surface area contributed by atoms with Gasteiger partial charge >= 0.3 is 5.97 Å². The lowest BCUT2D eigenvalue weighted by Crippen LogP contribution is -2.40. The molecule has 0 aromatic heterocycles. The van der Waals surface area contributed by atoms with E-state index < -0.39 is 5.97 Å². The number of nitrogens with zero attached hydrogens (tertiary/aromatic N) is 1. The number of carboxylic acid groups (broad SMARTS) is 1. The Hall–Kier alpha value is -1.55. The molecule has 4 nitrogen and oxygen atoms in total. The molecule has 1 aromatic rings. The number of aliphatic carboxylic acids is 1. The van der Waals surface area contributed by atoms with Crippen molar-refractivity contribution in [1.82, 2.24) is 4.90 Å². The molecule has 1 saturated carbocycles. The minimum atomic E-state index is -0.758. The summed E-state index contributed by atoms with van der Waals surface area (Å²) in [5.74, 6) is 0.0795. The van der Waals surface area contributed by atoms with Gasteiger partial charge in [0.2, 0.25) is 0 Å². The maximum Gasteiger partial charge on any atom is 0.317 e. The topological polar surface area (TPSA) is 49.8 Å². The van der Waals surface area contributed by atoms with Crippen molar-refractivity contribution in [2.24, 2.45) is 0 Å². The number of benzene rings is 1. The summed E-state index contributed by atoms with van der Waals surface area (Å²) in [5.41, 5.74) is 0. The highest BCUT2D eigenvalue weighted by molar-refractivity contribution is 5.69. The lowest BCUT2D eigenvalue weighted by atomic mass is 10.2. The summed E-state index contributed by atoms with van der Waals surface area (Å²) in [6, 6.07) is 10.1. The highest BCUT2D eigenvalue weighted by Gasteiger charge is 2.23. The van der Waals surface area contributed by atoms with Crippen molar-refractivity contribution in [3.8, 4) is 5.75 Å². The van der Waals surface area contributed by atoms with Crippen LogP contribution in [0, 0.1) is 0 Å². The standard InChI is InChI=1S/C15H21NO3/c17-15(18)12-16(13-6-4-5-7-13)10-11-19-14-8-2-1-3-9-14/h1-3,8-9,13H,4-7,10-12H2,(H,17,18). The molecule has 1 fully saturated rings. The molecule has 0 aliphatic heterocycles. The molecule has 2 rings (SSSR count). The van der Waals surface area contributed by atoms with Crippen LogP contribution in [0.3, 0.4) is 0 Å². The SMILES string of the molecule is O=C(O)CN(CCOc1ccccc1)C1CCCC1. The summed E-state index contributed by atoms with van der Waals surface area (Å²) in [7, 11) is 0. The van der Waals surface area contributed by atoms with Gasteiger partial charge in [-0.15, -0.1) is 0 Å². The molecule has 0 heterocycles. The molecule has 1 N–H and O–H groups in total. The maximum atomic E-state index is 10.9. The first kappa shape index (κ1) is 13.9. The van der Waals surface area contributed by atoms with E-state index in [2.05, 4.69) is 0 Å². The second kappa shape index (κ2) is 7.14. The van der Waals surface area contributed by atoms with Crippen LogP contribution in [0.4, 0.5) is 0 Å². The molecule has 104 valence electrons. The molecule has 0 radical (unpaired) electrons. The van der Waals surface area contributed by atoms with E-state index in [-0.39, 0.29) is 6.54 Å². The smallest absolute Gasteiger partial charge is 0.317 e. The predicted molar refractivity (Wildman–Crippen MR) is 73.4 cm³/mol. The summed E-state index contributed by atoms with van der Waals surface area (Å²) in [4.78, 5) is 13.0. The van der Waals surface area contributed by atoms with Crippen LogP contribution >= 0.6 is 0 Å². The lowest BCUT2D eigenvalue weighted by Gasteiger charge is -2.26. The monoisotopic (exact) mass is 263 g/mol. The fraction of sp³-hybridized carbons (Fsp3) is 0.533. The Morgan fingerprint density at radius 1 is 1.26 bits per heavy atom. The van der Waals surface area contributed by atoms with Gasteiger partial charge < -0.3 is 9.84 Å². The van der Waals surface area contributed by atoms with E-state index in [1.54, 1.807) is 0 Å². The van der Waals surface area contributed by atoms with Gasteiger partial charge in [-0.3, -0.25) is 9.69 Å². The molecule has 0 spiro atoms. The van der Waals surface area contributed by atoms with Gasteiger partial charge in [0.05, 0.1) is 6.54 Å². The molecule has 0 amide bonds. The third kappa shape index (κ3) is 4.56. The number of hydrogen-bond acceptors (Lipinski definition) is 3. The Morgan fingerprint density at radius 3 is 2.58 bits per heavy atom. The third-order valence-electron chi connectivity index (χ3n) is 3.57. The molecular weight excluding hydrogens is 242 g/mol. The molecule has 0 unspecified atom stereocenters. The molecular formula is C15H21NO3. The Morgan fingerprint density at radius 2 is 1.95 bits per heavy atom. The van der Waals surface area contributed by atoms with Gasteiger partial charge in [-0.1, -0.05) is 31.0 Å². The van der Waals surface area contributed by atoms with E-state index in [1.807, 2.05) is 35.2 Å². The number of hydrogen-bond donors (Lipinski definition) is 1. The van der Waals surface area contributed by atoms with Crippen molar-refractivity contribution in [3.05, 3.63) is 30.3 Å². The quantitative estimate of drug-likeness (QED) is 0.820. The number of carboxylic acids is 1. The Labute approximate surface area is 114 Å². The van der Waals surface area contributed by atoms with Crippen LogP contribution in [0.1, 0.15) is 25.7 Å². The molecule has 0 bridgehead atoms. The van der Waals surface area contributed by atoms with Gasteiger partial charge in [-0.2, -0.15) is 0 Å². The van der Waals surface area contributed by atoms with Gasteiger partial charge in [-0.25, -0.2) is 0 Å². The largest absolute Gasteiger partial charge is 0.492 e. The zero-order chi connectivity index (χ0) is 13.5. The lowest BCUT2D eigenvalue weighted by molar-refractivity contribution is -0.139. The van der Waals surface area contributed by atoms with E-state index in [4.69, 9.17) is 9.84 Å². The predicted octanol–water partition coefficient (Wildman–Crippen LogP) is 2.39. The number of ether oxygens (including phenoxy) is 1. The van der Waals surface area contributed by atoms with E-state index in [0.717, 1.165) is 18.6 Å². The van der Waals surface area contributed by atoms with Crippen LogP contribution in [0.15, 0.2) is 30.3 Å². The fourth-order valence-electron chi connectivity index (χ4n) is 2.63. The Balaban J connectivity index is 1.80. The molecule has 0 saturated heterocycles. The Kier molecular flexibility index (Phi) is 5.21. The summed E-state index contributed by atoms with van der Waals surface area (Å²) in [6.07, 6.45) is 4.64. The second-order valence-electron chi connectivity index (χ2n) is 4.96. The first-order valence-electron chi connectivity index (χ1n) is 6.89. The van der Waals surface area contributed by atoms with Crippen molar-refractivity contribution >= 4 is 5.97 Å². The molecule has 1 aliphatic carbocycles. The van der Waals surface area contributed by atoms with Crippen molar-refractivity contribution < 1.29 is 14.6 Å². The summed E-state index contributed by atoms with van der Waals surface area (Å²) in [6.45, 7) is 1.32. The van der Waals surface area contributed by atoms with E-state index in [9.17, 15) is 4.79 Å². The van der Waals surface area contributed by atoms with Crippen LogP contribution < -0.4 is 4.74 Å². The van der Waals surface area contributed by atoms with Gasteiger partial charge in [0.15, 0.2) is 0 Å². The minimum absolute atomic E-state index is 0.114. The van der Waals surface area contributed by atoms with Crippen LogP contribution in [0.2, 0.25) is 0 Å². The normalized spacial score (nSPS) is 15.8. The molecule has 1 aliphatic rings.